The van der Waals surface area contributed by atoms with Crippen LogP contribution < -0.4 is 4.90 Å². The molecule has 2 heterocycles. The number of anilines is 1. The summed E-state index contributed by atoms with van der Waals surface area (Å²) in [5, 5.41) is 20.0. The molecule has 1 aliphatic rings. The van der Waals surface area contributed by atoms with Gasteiger partial charge < -0.3 is 14.7 Å². The standard InChI is InChI=1S/C10H15N3O4S/c14-5-6-17-8-1-3-12(4-2-8)10-11-7-9(18-10)13(15)16/h7-8,14H,1-6H2. The molecule has 7 nitrogen and oxygen atoms in total. The van der Waals surface area contributed by atoms with E-state index in [-0.39, 0.29) is 17.7 Å². The minimum Gasteiger partial charge on any atom is -0.394 e. The summed E-state index contributed by atoms with van der Waals surface area (Å²) >= 11 is 1.10. The summed E-state index contributed by atoms with van der Waals surface area (Å²) in [6.07, 6.45) is 3.18. The second-order valence-electron chi connectivity index (χ2n) is 4.02. The fraction of sp³-hybridized carbons (Fsp3) is 0.700. The zero-order chi connectivity index (χ0) is 13.0. The summed E-state index contributed by atoms with van der Waals surface area (Å²) in [7, 11) is 0. The molecule has 0 radical (unpaired) electrons. The van der Waals surface area contributed by atoms with Crippen molar-refractivity contribution in [3.8, 4) is 0 Å². The number of ether oxygens (including phenoxy) is 1. The predicted molar refractivity (Wildman–Crippen MR) is 67.0 cm³/mol. The highest BCUT2D eigenvalue weighted by molar-refractivity contribution is 7.18. The SMILES string of the molecule is O=[N+]([O-])c1cnc(N2CCC(OCCO)CC2)s1. The van der Waals surface area contributed by atoms with E-state index in [4.69, 9.17) is 9.84 Å². The van der Waals surface area contributed by atoms with Gasteiger partial charge in [-0.1, -0.05) is 0 Å². The molecule has 0 spiro atoms. The molecular weight excluding hydrogens is 258 g/mol. The van der Waals surface area contributed by atoms with Crippen molar-refractivity contribution in [2.75, 3.05) is 31.2 Å². The summed E-state index contributed by atoms with van der Waals surface area (Å²) < 4.78 is 5.46. The third kappa shape index (κ3) is 3.15. The van der Waals surface area contributed by atoms with Crippen molar-refractivity contribution in [3.05, 3.63) is 16.3 Å². The minimum atomic E-state index is -0.418. The maximum atomic E-state index is 10.6. The highest BCUT2D eigenvalue weighted by Crippen LogP contribution is 2.30. The van der Waals surface area contributed by atoms with Gasteiger partial charge in [0.25, 0.3) is 0 Å². The van der Waals surface area contributed by atoms with Crippen LogP contribution in [-0.2, 0) is 4.74 Å². The van der Waals surface area contributed by atoms with E-state index in [1.54, 1.807) is 0 Å². The molecule has 0 bridgehead atoms. The second-order valence-corrected chi connectivity index (χ2v) is 5.01. The Balaban J connectivity index is 1.86. The van der Waals surface area contributed by atoms with Crippen LogP contribution in [0.5, 0.6) is 0 Å². The van der Waals surface area contributed by atoms with Crippen LogP contribution in [0.4, 0.5) is 10.1 Å². The number of hydrogen-bond acceptors (Lipinski definition) is 7. The van der Waals surface area contributed by atoms with Crippen LogP contribution in [0.1, 0.15) is 12.8 Å². The van der Waals surface area contributed by atoms with Gasteiger partial charge in [0, 0.05) is 13.1 Å². The fourth-order valence-corrected chi connectivity index (χ4v) is 2.70. The van der Waals surface area contributed by atoms with Gasteiger partial charge >= 0.3 is 5.00 Å². The first-order chi connectivity index (χ1) is 8.70. The van der Waals surface area contributed by atoms with Gasteiger partial charge in [-0.05, 0) is 24.2 Å². The van der Waals surface area contributed by atoms with Crippen LogP contribution in [0.15, 0.2) is 6.20 Å². The molecule has 0 atom stereocenters. The Morgan fingerprint density at radius 3 is 2.89 bits per heavy atom. The van der Waals surface area contributed by atoms with Crippen molar-refractivity contribution < 1.29 is 14.8 Å². The second kappa shape index (κ2) is 6.07. The Hall–Kier alpha value is -1.25. The zero-order valence-corrected chi connectivity index (χ0v) is 10.6. The lowest BCUT2D eigenvalue weighted by molar-refractivity contribution is -0.380. The molecule has 0 unspecified atom stereocenters. The van der Waals surface area contributed by atoms with Crippen molar-refractivity contribution in [2.45, 2.75) is 18.9 Å². The number of rotatable bonds is 5. The molecule has 1 saturated heterocycles. The predicted octanol–water partition coefficient (Wildman–Crippen LogP) is 1.03. The third-order valence-electron chi connectivity index (χ3n) is 2.82. The number of thiazole rings is 1. The van der Waals surface area contributed by atoms with Crippen molar-refractivity contribution in [1.82, 2.24) is 4.98 Å². The zero-order valence-electron chi connectivity index (χ0n) is 9.82. The minimum absolute atomic E-state index is 0.0406. The average Bonchev–Trinajstić information content (AvgIpc) is 2.87. The summed E-state index contributed by atoms with van der Waals surface area (Å²) in [6.45, 7) is 1.97. The Kier molecular flexibility index (Phi) is 4.45. The van der Waals surface area contributed by atoms with E-state index in [0.29, 0.717) is 11.7 Å². The van der Waals surface area contributed by atoms with Gasteiger partial charge in [0.1, 0.15) is 6.20 Å². The van der Waals surface area contributed by atoms with Gasteiger partial charge in [-0.2, -0.15) is 0 Å². The van der Waals surface area contributed by atoms with E-state index < -0.39 is 4.92 Å². The first-order valence-electron chi connectivity index (χ1n) is 5.78. The van der Waals surface area contributed by atoms with Crippen molar-refractivity contribution in [1.29, 1.82) is 0 Å². The van der Waals surface area contributed by atoms with Gasteiger partial charge in [0.15, 0.2) is 5.13 Å². The van der Waals surface area contributed by atoms with Crippen LogP contribution in [0.25, 0.3) is 0 Å². The lowest BCUT2D eigenvalue weighted by Gasteiger charge is -2.31. The first kappa shape index (κ1) is 13.2. The number of aliphatic hydroxyl groups is 1. The molecule has 1 aromatic heterocycles. The summed E-state index contributed by atoms with van der Waals surface area (Å²) in [6, 6.07) is 0. The number of nitro groups is 1. The van der Waals surface area contributed by atoms with E-state index in [2.05, 4.69) is 4.98 Å². The molecule has 1 N–H and O–H groups in total. The van der Waals surface area contributed by atoms with Gasteiger partial charge in [-0.3, -0.25) is 10.1 Å². The van der Waals surface area contributed by atoms with Gasteiger partial charge in [-0.15, -0.1) is 0 Å². The van der Waals surface area contributed by atoms with Crippen molar-refractivity contribution in [3.63, 3.8) is 0 Å². The first-order valence-corrected chi connectivity index (χ1v) is 6.60. The smallest absolute Gasteiger partial charge is 0.345 e. The summed E-state index contributed by atoms with van der Waals surface area (Å²) in [4.78, 5) is 16.3. The topological polar surface area (TPSA) is 88.7 Å². The molecule has 0 aromatic carbocycles. The molecule has 1 aliphatic heterocycles. The van der Waals surface area contributed by atoms with Gasteiger partial charge in [0.05, 0.1) is 24.2 Å². The lowest BCUT2D eigenvalue weighted by Crippen LogP contribution is -2.37. The molecule has 0 aliphatic carbocycles. The maximum absolute atomic E-state index is 10.6. The van der Waals surface area contributed by atoms with Crippen molar-refractivity contribution >= 4 is 21.5 Å². The van der Waals surface area contributed by atoms with E-state index in [9.17, 15) is 10.1 Å². The van der Waals surface area contributed by atoms with Crippen LogP contribution in [-0.4, -0.2) is 47.4 Å². The Bertz CT molecular complexity index is 404. The molecular formula is C10H15N3O4S. The van der Waals surface area contributed by atoms with E-state index in [1.165, 1.54) is 6.20 Å². The number of aromatic nitrogens is 1. The van der Waals surface area contributed by atoms with E-state index >= 15 is 0 Å². The Labute approximate surface area is 108 Å². The molecule has 1 aromatic rings. The molecule has 18 heavy (non-hydrogen) atoms. The molecule has 1 fully saturated rings. The Morgan fingerprint density at radius 1 is 1.61 bits per heavy atom. The monoisotopic (exact) mass is 273 g/mol. The fourth-order valence-electron chi connectivity index (χ4n) is 1.92. The Morgan fingerprint density at radius 2 is 2.33 bits per heavy atom. The van der Waals surface area contributed by atoms with E-state index in [0.717, 1.165) is 37.3 Å². The van der Waals surface area contributed by atoms with Crippen molar-refractivity contribution in [2.24, 2.45) is 0 Å². The molecule has 100 valence electrons. The van der Waals surface area contributed by atoms with Crippen LogP contribution in [0, 0.1) is 10.1 Å². The summed E-state index contributed by atoms with van der Waals surface area (Å²) in [5.41, 5.74) is 0. The largest absolute Gasteiger partial charge is 0.394 e. The van der Waals surface area contributed by atoms with Gasteiger partial charge in [-0.25, -0.2) is 4.98 Å². The number of aliphatic hydroxyl groups excluding tert-OH is 1. The van der Waals surface area contributed by atoms with Crippen LogP contribution in [0.3, 0.4) is 0 Å². The van der Waals surface area contributed by atoms with E-state index in [1.807, 2.05) is 4.90 Å². The lowest BCUT2D eigenvalue weighted by atomic mass is 10.1. The number of hydrogen-bond donors (Lipinski definition) is 1. The number of piperidine rings is 1. The van der Waals surface area contributed by atoms with Crippen LogP contribution >= 0.6 is 11.3 Å². The number of nitrogens with zero attached hydrogens (tertiary/aromatic N) is 3. The third-order valence-corrected chi connectivity index (χ3v) is 3.83. The van der Waals surface area contributed by atoms with Crippen LogP contribution in [0.2, 0.25) is 0 Å². The maximum Gasteiger partial charge on any atom is 0.345 e. The molecule has 0 amide bonds. The van der Waals surface area contributed by atoms with Gasteiger partial charge in [0.2, 0.25) is 0 Å². The highest BCUT2D eigenvalue weighted by Gasteiger charge is 2.23. The molecule has 2 rings (SSSR count). The molecule has 0 saturated carbocycles. The summed E-state index contributed by atoms with van der Waals surface area (Å²) in [5.74, 6) is 0. The highest BCUT2D eigenvalue weighted by atomic mass is 32.1. The quantitative estimate of drug-likeness (QED) is 0.636. The normalized spacial score (nSPS) is 17.1. The molecule has 8 heteroatoms. The average molecular weight is 273 g/mol.